The fraction of sp³-hybridized carbons (Fsp3) is 0.556. The van der Waals surface area contributed by atoms with Crippen molar-refractivity contribution >= 4 is 11.9 Å². The molecular formula is C18H22F3N5O5. The molecule has 3 unspecified atom stereocenters. The van der Waals surface area contributed by atoms with Gasteiger partial charge in [0, 0.05) is 13.0 Å². The van der Waals surface area contributed by atoms with Crippen molar-refractivity contribution < 1.29 is 37.7 Å². The Labute approximate surface area is 174 Å². The molecule has 0 radical (unpaired) electrons. The summed E-state index contributed by atoms with van der Waals surface area (Å²) in [7, 11) is 0. The summed E-state index contributed by atoms with van der Waals surface area (Å²) >= 11 is 0. The molecule has 4 rings (SSSR count). The number of nitrogens with one attached hydrogen (secondary N) is 2. The largest absolute Gasteiger partial charge is 0.416 e. The smallest absolute Gasteiger partial charge is 0.394 e. The van der Waals surface area contributed by atoms with Crippen molar-refractivity contribution in [2.75, 3.05) is 6.61 Å². The van der Waals surface area contributed by atoms with Gasteiger partial charge >= 0.3 is 12.2 Å². The van der Waals surface area contributed by atoms with Gasteiger partial charge in [-0.2, -0.15) is 13.2 Å². The van der Waals surface area contributed by atoms with Crippen molar-refractivity contribution in [3.8, 4) is 0 Å². The van der Waals surface area contributed by atoms with Crippen LogP contribution in [0.15, 0.2) is 24.3 Å². The van der Waals surface area contributed by atoms with Crippen LogP contribution in [-0.4, -0.2) is 75.5 Å². The van der Waals surface area contributed by atoms with Crippen LogP contribution in [0, 0.1) is 0 Å². The van der Waals surface area contributed by atoms with E-state index in [1.807, 2.05) is 0 Å². The lowest BCUT2D eigenvalue weighted by atomic mass is 10.1. The first-order chi connectivity index (χ1) is 14.6. The number of aliphatic hydroxyl groups excluding tert-OH is 2. The number of rotatable bonds is 4. The molecule has 0 saturated carbocycles. The molecule has 0 aliphatic carbocycles. The second-order valence-corrected chi connectivity index (χ2v) is 7.69. The molecule has 6 N–H and O–H groups in total. The van der Waals surface area contributed by atoms with Gasteiger partial charge in [-0.3, -0.25) is 20.7 Å². The number of hydrogen-bond donors (Lipinski definition) is 5. The van der Waals surface area contributed by atoms with E-state index in [-0.39, 0.29) is 19.6 Å². The number of halogens is 3. The molecule has 1 aromatic rings. The molecule has 6 atom stereocenters. The van der Waals surface area contributed by atoms with Gasteiger partial charge < -0.3 is 25.2 Å². The molecule has 31 heavy (non-hydrogen) atoms. The maximum Gasteiger partial charge on any atom is 0.416 e. The van der Waals surface area contributed by atoms with Gasteiger partial charge in [0.25, 0.3) is 0 Å². The summed E-state index contributed by atoms with van der Waals surface area (Å²) < 4.78 is 44.0. The van der Waals surface area contributed by atoms with E-state index < -0.39 is 60.6 Å². The number of benzene rings is 1. The minimum atomic E-state index is -4.49. The van der Waals surface area contributed by atoms with Crippen molar-refractivity contribution in [2.45, 2.75) is 56.1 Å². The van der Waals surface area contributed by atoms with E-state index in [4.69, 9.17) is 10.5 Å². The zero-order chi connectivity index (χ0) is 22.5. The Kier molecular flexibility index (Phi) is 5.55. The van der Waals surface area contributed by atoms with Crippen molar-refractivity contribution in [3.63, 3.8) is 0 Å². The van der Waals surface area contributed by atoms with Crippen LogP contribution in [0.5, 0.6) is 0 Å². The average Bonchev–Trinajstić information content (AvgIpc) is 3.18. The summed E-state index contributed by atoms with van der Waals surface area (Å²) in [6, 6.07) is 2.55. The lowest BCUT2D eigenvalue weighted by Gasteiger charge is -2.37. The molecule has 3 amide bonds. The number of urea groups is 1. The fourth-order valence-corrected chi connectivity index (χ4v) is 4.16. The molecular weight excluding hydrogens is 423 g/mol. The van der Waals surface area contributed by atoms with Crippen LogP contribution in [-0.2, 0) is 22.3 Å². The topological polar surface area (TPSA) is 140 Å². The molecule has 13 heteroatoms. The molecule has 0 bridgehead atoms. The third-order valence-corrected chi connectivity index (χ3v) is 5.60. The number of ether oxygens (including phenoxy) is 1. The minimum Gasteiger partial charge on any atom is -0.394 e. The molecule has 0 spiro atoms. The SMILES string of the molecule is NC1NC(=O)C2C(N1)N([C@@H]1O[C@H](CO)C[C@H]1O)C(=O)N2Cc1ccc(C(F)(F)F)cc1. The van der Waals surface area contributed by atoms with Crippen LogP contribution in [0.25, 0.3) is 0 Å². The fourth-order valence-electron chi connectivity index (χ4n) is 4.16. The summed E-state index contributed by atoms with van der Waals surface area (Å²) in [6.07, 6.45) is -9.20. The van der Waals surface area contributed by atoms with E-state index in [1.54, 1.807) is 0 Å². The predicted octanol–water partition coefficient (Wildman–Crippen LogP) is -0.932. The van der Waals surface area contributed by atoms with Crippen LogP contribution in [0.3, 0.4) is 0 Å². The van der Waals surface area contributed by atoms with Gasteiger partial charge in [0.15, 0.2) is 6.23 Å². The normalized spacial score (nSPS) is 33.6. The van der Waals surface area contributed by atoms with E-state index in [2.05, 4.69) is 10.6 Å². The highest BCUT2D eigenvalue weighted by Crippen LogP contribution is 2.34. The molecule has 10 nitrogen and oxygen atoms in total. The summed E-state index contributed by atoms with van der Waals surface area (Å²) in [5.41, 5.74) is 5.33. The summed E-state index contributed by atoms with van der Waals surface area (Å²) in [4.78, 5) is 28.2. The highest BCUT2D eigenvalue weighted by atomic mass is 19.4. The first-order valence-electron chi connectivity index (χ1n) is 9.61. The number of amides is 3. The zero-order valence-electron chi connectivity index (χ0n) is 16.1. The first-order valence-corrected chi connectivity index (χ1v) is 9.61. The van der Waals surface area contributed by atoms with Crippen molar-refractivity contribution in [3.05, 3.63) is 35.4 Å². The second-order valence-electron chi connectivity index (χ2n) is 7.69. The van der Waals surface area contributed by atoms with Gasteiger partial charge in [-0.1, -0.05) is 12.1 Å². The van der Waals surface area contributed by atoms with Gasteiger partial charge in [0.2, 0.25) is 5.91 Å². The maximum absolute atomic E-state index is 13.2. The van der Waals surface area contributed by atoms with E-state index >= 15 is 0 Å². The van der Waals surface area contributed by atoms with Crippen LogP contribution < -0.4 is 16.4 Å². The molecule has 3 fully saturated rings. The third-order valence-electron chi connectivity index (χ3n) is 5.60. The molecule has 3 aliphatic heterocycles. The maximum atomic E-state index is 13.2. The Morgan fingerprint density at radius 3 is 2.48 bits per heavy atom. The van der Waals surface area contributed by atoms with E-state index in [1.165, 1.54) is 17.0 Å². The number of aliphatic hydroxyl groups is 2. The van der Waals surface area contributed by atoms with Gasteiger partial charge in [0.05, 0.1) is 18.3 Å². The average molecular weight is 445 g/mol. The standard InChI is InChI=1S/C18H22F3N5O5/c19-18(20,21)9-3-1-8(2-4-9)6-25-12-13(23-16(22)24-14(12)29)26(17(25)30)15-11(28)5-10(7-27)31-15/h1-4,10-13,15-16,23,27-28H,5-7,22H2,(H,24,29)/t10-,11+,12?,13?,15+,16?/m0/s1. The minimum absolute atomic E-state index is 0.0967. The summed E-state index contributed by atoms with van der Waals surface area (Å²) in [5, 5.41) is 25.0. The zero-order valence-corrected chi connectivity index (χ0v) is 16.1. The number of carbonyl (C=O) groups excluding carboxylic acids is 2. The van der Waals surface area contributed by atoms with Crippen LogP contribution in [0.4, 0.5) is 18.0 Å². The lowest BCUT2D eigenvalue weighted by molar-refractivity contribution is -0.137. The number of alkyl halides is 3. The number of nitrogens with two attached hydrogens (primary N) is 1. The van der Waals surface area contributed by atoms with E-state index in [0.29, 0.717) is 5.56 Å². The van der Waals surface area contributed by atoms with Crippen LogP contribution >= 0.6 is 0 Å². The monoisotopic (exact) mass is 445 g/mol. The van der Waals surface area contributed by atoms with Gasteiger partial charge in [-0.05, 0) is 17.7 Å². The Morgan fingerprint density at radius 1 is 1.23 bits per heavy atom. The predicted molar refractivity (Wildman–Crippen MR) is 97.4 cm³/mol. The summed E-state index contributed by atoms with van der Waals surface area (Å²) in [5.74, 6) is -0.551. The lowest BCUT2D eigenvalue weighted by Crippen LogP contribution is -2.71. The van der Waals surface area contributed by atoms with Crippen molar-refractivity contribution in [2.24, 2.45) is 5.73 Å². The quantitative estimate of drug-likeness (QED) is 0.403. The van der Waals surface area contributed by atoms with Gasteiger partial charge in [-0.25, -0.2) is 4.79 Å². The van der Waals surface area contributed by atoms with Gasteiger partial charge in [0.1, 0.15) is 24.6 Å². The van der Waals surface area contributed by atoms with Crippen LogP contribution in [0.1, 0.15) is 17.5 Å². The Hall–Kier alpha value is -2.45. The third kappa shape index (κ3) is 3.94. The van der Waals surface area contributed by atoms with Crippen molar-refractivity contribution in [1.82, 2.24) is 20.4 Å². The van der Waals surface area contributed by atoms with E-state index in [0.717, 1.165) is 17.0 Å². The van der Waals surface area contributed by atoms with Gasteiger partial charge in [-0.15, -0.1) is 0 Å². The molecule has 3 heterocycles. The number of carbonyl (C=O) groups is 2. The Morgan fingerprint density at radius 2 is 1.90 bits per heavy atom. The molecule has 170 valence electrons. The molecule has 0 aromatic heterocycles. The van der Waals surface area contributed by atoms with Crippen LogP contribution in [0.2, 0.25) is 0 Å². The highest BCUT2D eigenvalue weighted by Gasteiger charge is 2.57. The van der Waals surface area contributed by atoms with Crippen molar-refractivity contribution in [1.29, 1.82) is 0 Å². The summed E-state index contributed by atoms with van der Waals surface area (Å²) in [6.45, 7) is -0.502. The van der Waals surface area contributed by atoms with E-state index in [9.17, 15) is 33.0 Å². The molecule has 1 aromatic carbocycles. The molecule has 3 aliphatic rings. The number of nitrogens with zero attached hydrogens (tertiary/aromatic N) is 2. The number of hydrogen-bond acceptors (Lipinski definition) is 7. The second kappa shape index (κ2) is 7.91. The molecule has 3 saturated heterocycles. The number of fused-ring (bicyclic) bond motifs is 1. The Bertz CT molecular complexity index is 854. The Balaban J connectivity index is 1.61. The highest BCUT2D eigenvalue weighted by molar-refractivity contribution is 5.92. The first kappa shape index (κ1) is 21.8.